The number of hydrogen-bond donors (Lipinski definition) is 2. The summed E-state index contributed by atoms with van der Waals surface area (Å²) in [5, 5.41) is 11.2. The number of benzene rings is 2. The van der Waals surface area contributed by atoms with Crippen molar-refractivity contribution in [2.24, 2.45) is 4.99 Å². The molecular formula is C20H23ClIN5O. The molecule has 0 unspecified atom stereocenters. The minimum Gasteiger partial charge on any atom is -0.357 e. The first-order chi connectivity index (χ1) is 13.2. The van der Waals surface area contributed by atoms with E-state index >= 15 is 0 Å². The minimum atomic E-state index is 0. The second kappa shape index (κ2) is 11.7. The Morgan fingerprint density at radius 1 is 1.11 bits per heavy atom. The normalized spacial score (nSPS) is 11.0. The smallest absolute Gasteiger partial charge is 0.248 e. The second-order valence-corrected chi connectivity index (χ2v) is 6.32. The van der Waals surface area contributed by atoms with Gasteiger partial charge in [0.2, 0.25) is 11.7 Å². The molecule has 2 N–H and O–H groups in total. The van der Waals surface area contributed by atoms with E-state index in [4.69, 9.17) is 16.1 Å². The lowest BCUT2D eigenvalue weighted by molar-refractivity contribution is 0.380. The first-order valence-electron chi connectivity index (χ1n) is 8.89. The fourth-order valence-electron chi connectivity index (χ4n) is 2.52. The maximum atomic E-state index is 6.01. The van der Waals surface area contributed by atoms with E-state index < -0.39 is 0 Å². The lowest BCUT2D eigenvalue weighted by Crippen LogP contribution is -2.38. The first-order valence-corrected chi connectivity index (χ1v) is 9.27. The first kappa shape index (κ1) is 22.2. The molecule has 0 fully saturated rings. The van der Waals surface area contributed by atoms with Crippen molar-refractivity contribution >= 4 is 41.5 Å². The van der Waals surface area contributed by atoms with Crippen LogP contribution in [0.4, 0.5) is 0 Å². The Kier molecular flexibility index (Phi) is 9.22. The summed E-state index contributed by atoms with van der Waals surface area (Å²) in [5.74, 6) is 1.67. The topological polar surface area (TPSA) is 75.3 Å². The van der Waals surface area contributed by atoms with Crippen LogP contribution in [0.15, 0.2) is 64.1 Å². The molecule has 0 radical (unpaired) electrons. The summed E-state index contributed by atoms with van der Waals surface area (Å²) in [7, 11) is 0. The fourth-order valence-corrected chi connectivity index (χ4v) is 2.71. The average Bonchev–Trinajstić information content (AvgIpc) is 3.16. The molecule has 1 heterocycles. The molecule has 0 aliphatic carbocycles. The van der Waals surface area contributed by atoms with Gasteiger partial charge in [0.05, 0.1) is 0 Å². The van der Waals surface area contributed by atoms with E-state index in [-0.39, 0.29) is 24.0 Å². The molecular weight excluding hydrogens is 489 g/mol. The van der Waals surface area contributed by atoms with Crippen molar-refractivity contribution < 1.29 is 4.52 Å². The van der Waals surface area contributed by atoms with Gasteiger partial charge in [0.25, 0.3) is 0 Å². The number of aromatic nitrogens is 2. The number of rotatable bonds is 7. The lowest BCUT2D eigenvalue weighted by Gasteiger charge is -2.10. The van der Waals surface area contributed by atoms with Gasteiger partial charge in [0.15, 0.2) is 5.96 Å². The summed E-state index contributed by atoms with van der Waals surface area (Å²) < 4.78 is 5.29. The van der Waals surface area contributed by atoms with E-state index in [9.17, 15) is 0 Å². The van der Waals surface area contributed by atoms with Gasteiger partial charge in [0, 0.05) is 23.7 Å². The zero-order valence-corrected chi connectivity index (χ0v) is 18.6. The van der Waals surface area contributed by atoms with Crippen LogP contribution in [0.5, 0.6) is 0 Å². The van der Waals surface area contributed by atoms with Gasteiger partial charge in [-0.2, -0.15) is 4.98 Å². The minimum absolute atomic E-state index is 0. The van der Waals surface area contributed by atoms with E-state index in [1.807, 2.05) is 37.3 Å². The van der Waals surface area contributed by atoms with E-state index in [0.29, 0.717) is 23.3 Å². The molecule has 0 atom stereocenters. The van der Waals surface area contributed by atoms with Crippen LogP contribution in [0.2, 0.25) is 5.02 Å². The van der Waals surface area contributed by atoms with Crippen LogP contribution < -0.4 is 10.6 Å². The Bertz CT molecular complexity index is 885. The highest BCUT2D eigenvalue weighted by Crippen LogP contribution is 2.20. The molecule has 8 heteroatoms. The zero-order valence-electron chi connectivity index (χ0n) is 15.6. The molecule has 3 aromatic rings. The number of nitrogens with one attached hydrogen (secondary N) is 2. The monoisotopic (exact) mass is 511 g/mol. The summed E-state index contributed by atoms with van der Waals surface area (Å²) in [4.78, 5) is 8.89. The highest BCUT2D eigenvalue weighted by atomic mass is 127. The summed E-state index contributed by atoms with van der Waals surface area (Å²) in [6.45, 7) is 3.88. The summed E-state index contributed by atoms with van der Waals surface area (Å²) in [6.07, 6.45) is 0.921. The van der Waals surface area contributed by atoms with Gasteiger partial charge in [-0.1, -0.05) is 59.2 Å². The molecule has 28 heavy (non-hydrogen) atoms. The molecule has 0 saturated heterocycles. The van der Waals surface area contributed by atoms with E-state index in [1.165, 1.54) is 5.56 Å². The third kappa shape index (κ3) is 6.79. The van der Waals surface area contributed by atoms with Crippen molar-refractivity contribution in [1.82, 2.24) is 20.8 Å². The second-order valence-electron chi connectivity index (χ2n) is 5.88. The highest BCUT2D eigenvalue weighted by molar-refractivity contribution is 14.0. The van der Waals surface area contributed by atoms with E-state index in [0.717, 1.165) is 31.0 Å². The number of halogens is 2. The Labute approximate surface area is 186 Å². The molecule has 3 rings (SSSR count). The molecule has 6 nitrogen and oxygen atoms in total. The summed E-state index contributed by atoms with van der Waals surface area (Å²) >= 11 is 6.01. The highest BCUT2D eigenvalue weighted by Gasteiger charge is 2.09. The van der Waals surface area contributed by atoms with Crippen LogP contribution in [-0.4, -0.2) is 29.2 Å². The van der Waals surface area contributed by atoms with Crippen molar-refractivity contribution in [2.75, 3.05) is 13.1 Å². The molecule has 0 aliphatic rings. The molecule has 148 valence electrons. The van der Waals surface area contributed by atoms with Crippen LogP contribution in [0.1, 0.15) is 18.4 Å². The Morgan fingerprint density at radius 3 is 2.68 bits per heavy atom. The molecule has 0 saturated carbocycles. The van der Waals surface area contributed by atoms with Crippen LogP contribution >= 0.6 is 35.6 Å². The summed E-state index contributed by atoms with van der Waals surface area (Å²) in [6, 6.07) is 17.7. The standard InChI is InChI=1S/C20H22ClN5O.HI/c1-2-22-20(23-12-11-15-7-4-3-5-8-15)24-14-18-25-19(26-27-18)16-9-6-10-17(21)13-16;/h3-10,13H,2,11-12,14H2,1H3,(H2,22,23,24);1H. The van der Waals surface area contributed by atoms with Gasteiger partial charge in [-0.05, 0) is 31.0 Å². The predicted molar refractivity (Wildman–Crippen MR) is 123 cm³/mol. The van der Waals surface area contributed by atoms with Crippen LogP contribution in [-0.2, 0) is 13.0 Å². The van der Waals surface area contributed by atoms with Gasteiger partial charge in [-0.25, -0.2) is 4.99 Å². The predicted octanol–water partition coefficient (Wildman–Crippen LogP) is 4.31. The van der Waals surface area contributed by atoms with Crippen LogP contribution in [0.3, 0.4) is 0 Å². The van der Waals surface area contributed by atoms with Crippen molar-refractivity contribution in [1.29, 1.82) is 0 Å². The molecule has 1 aromatic heterocycles. The maximum Gasteiger partial charge on any atom is 0.248 e. The van der Waals surface area contributed by atoms with E-state index in [2.05, 4.69) is 37.9 Å². The van der Waals surface area contributed by atoms with Crippen LogP contribution in [0.25, 0.3) is 11.4 Å². The number of hydrogen-bond acceptors (Lipinski definition) is 4. The number of aliphatic imine (C=N–C) groups is 1. The van der Waals surface area contributed by atoms with Gasteiger partial charge in [0.1, 0.15) is 6.54 Å². The third-order valence-electron chi connectivity index (χ3n) is 3.82. The van der Waals surface area contributed by atoms with Crippen LogP contribution in [0, 0.1) is 0 Å². The van der Waals surface area contributed by atoms with Crippen molar-refractivity contribution in [2.45, 2.75) is 19.9 Å². The SMILES string of the molecule is CCNC(=NCc1nc(-c2cccc(Cl)c2)no1)NCCc1ccccc1.I. The summed E-state index contributed by atoms with van der Waals surface area (Å²) in [5.41, 5.74) is 2.10. The Balaban J connectivity index is 0.00000280. The zero-order chi connectivity index (χ0) is 18.9. The molecule has 0 spiro atoms. The van der Waals surface area contributed by atoms with Gasteiger partial charge < -0.3 is 15.2 Å². The average molecular weight is 512 g/mol. The molecule has 0 aliphatic heterocycles. The Hall–Kier alpha value is -2.13. The molecule has 0 amide bonds. The molecule has 0 bridgehead atoms. The fraction of sp³-hybridized carbons (Fsp3) is 0.250. The van der Waals surface area contributed by atoms with Gasteiger partial charge in [-0.15, -0.1) is 24.0 Å². The lowest BCUT2D eigenvalue weighted by atomic mass is 10.1. The Morgan fingerprint density at radius 2 is 1.93 bits per heavy atom. The van der Waals surface area contributed by atoms with Crippen molar-refractivity contribution in [3.05, 3.63) is 71.1 Å². The largest absolute Gasteiger partial charge is 0.357 e. The van der Waals surface area contributed by atoms with E-state index in [1.54, 1.807) is 12.1 Å². The maximum absolute atomic E-state index is 6.01. The van der Waals surface area contributed by atoms with Crippen molar-refractivity contribution in [3.8, 4) is 11.4 Å². The van der Waals surface area contributed by atoms with Crippen molar-refractivity contribution in [3.63, 3.8) is 0 Å². The van der Waals surface area contributed by atoms with Gasteiger partial charge >= 0.3 is 0 Å². The molecule has 2 aromatic carbocycles. The van der Waals surface area contributed by atoms with Gasteiger partial charge in [-0.3, -0.25) is 0 Å². The number of guanidine groups is 1. The number of nitrogens with zero attached hydrogens (tertiary/aromatic N) is 3. The third-order valence-corrected chi connectivity index (χ3v) is 4.05. The quantitative estimate of drug-likeness (QED) is 0.281.